The number of fused-ring (bicyclic) bond motifs is 1. The van der Waals surface area contributed by atoms with Gasteiger partial charge >= 0.3 is 0 Å². The zero-order chi connectivity index (χ0) is 20.8. The molecule has 0 saturated carbocycles. The minimum atomic E-state index is -0.680. The van der Waals surface area contributed by atoms with Crippen LogP contribution in [0.2, 0.25) is 0 Å². The second-order valence-electron chi connectivity index (χ2n) is 7.19. The molecule has 0 bridgehead atoms. The number of benzene rings is 1. The van der Waals surface area contributed by atoms with Crippen molar-refractivity contribution < 1.29 is 14.4 Å². The predicted molar refractivity (Wildman–Crippen MR) is 108 cm³/mol. The first kappa shape index (κ1) is 20.6. The van der Waals surface area contributed by atoms with Crippen molar-refractivity contribution in [2.45, 2.75) is 45.8 Å². The lowest BCUT2D eigenvalue weighted by atomic mass is 10.2. The molecule has 1 atom stereocenters. The lowest BCUT2D eigenvalue weighted by molar-refractivity contribution is -0.122. The zero-order valence-corrected chi connectivity index (χ0v) is 16.9. The molecule has 0 saturated heterocycles. The fraction of sp³-hybridized carbons (Fsp3) is 0.429. The molecule has 0 spiro atoms. The Balaban J connectivity index is 1.70. The second kappa shape index (κ2) is 9.36. The van der Waals surface area contributed by atoms with Crippen molar-refractivity contribution in [3.63, 3.8) is 0 Å². The zero-order valence-electron chi connectivity index (χ0n) is 16.9. The molecule has 0 unspecified atom stereocenters. The van der Waals surface area contributed by atoms with Gasteiger partial charge in [0.15, 0.2) is 5.69 Å². The monoisotopic (exact) mass is 397 g/mol. The molecular weight excluding hydrogens is 370 g/mol. The Morgan fingerprint density at radius 3 is 2.69 bits per heavy atom. The number of nitrogens with zero attached hydrogens (tertiary/aromatic N) is 3. The summed E-state index contributed by atoms with van der Waals surface area (Å²) in [6.07, 6.45) is 1.58. The largest absolute Gasteiger partial charge is 0.354 e. The Morgan fingerprint density at radius 1 is 1.21 bits per heavy atom. The molecule has 2 aromatic rings. The number of hydrogen-bond donors (Lipinski definition) is 2. The summed E-state index contributed by atoms with van der Waals surface area (Å²) in [5.41, 5.74) is 1.59. The van der Waals surface area contributed by atoms with E-state index in [0.29, 0.717) is 31.9 Å². The van der Waals surface area contributed by atoms with E-state index in [1.54, 1.807) is 16.5 Å². The van der Waals surface area contributed by atoms with Crippen LogP contribution in [0.4, 0.5) is 0 Å². The summed E-state index contributed by atoms with van der Waals surface area (Å²) < 4.78 is 1.59. The van der Waals surface area contributed by atoms with Gasteiger partial charge in [0.25, 0.3) is 11.8 Å². The SMILES string of the molecule is CCCNC(=O)[C@H](C)NC(=O)c1cc2n(n1)CCCN(Cc1ccccc1)C2=O. The van der Waals surface area contributed by atoms with E-state index >= 15 is 0 Å². The minimum absolute atomic E-state index is 0.144. The molecule has 154 valence electrons. The highest BCUT2D eigenvalue weighted by molar-refractivity contribution is 5.99. The molecule has 0 radical (unpaired) electrons. The highest BCUT2D eigenvalue weighted by Crippen LogP contribution is 2.16. The lowest BCUT2D eigenvalue weighted by Gasteiger charge is -2.20. The standard InChI is InChI=1S/C21H27N5O3/c1-3-10-22-19(27)15(2)23-20(28)17-13-18-21(29)25(11-7-12-26(18)24-17)14-16-8-5-4-6-9-16/h4-6,8-9,13,15H,3,7,10-12,14H2,1-2H3,(H,22,27)(H,23,28)/t15-/m0/s1. The Kier molecular flexibility index (Phi) is 6.64. The summed E-state index contributed by atoms with van der Waals surface area (Å²) in [5.74, 6) is -0.857. The summed E-state index contributed by atoms with van der Waals surface area (Å²) in [6, 6.07) is 10.6. The number of nitrogens with one attached hydrogen (secondary N) is 2. The Bertz CT molecular complexity index is 878. The van der Waals surface area contributed by atoms with Gasteiger partial charge in [-0.2, -0.15) is 5.10 Å². The molecule has 2 N–H and O–H groups in total. The maximum absolute atomic E-state index is 13.0. The minimum Gasteiger partial charge on any atom is -0.354 e. The van der Waals surface area contributed by atoms with Crippen LogP contribution in [0.15, 0.2) is 36.4 Å². The molecule has 3 rings (SSSR count). The summed E-state index contributed by atoms with van der Waals surface area (Å²) >= 11 is 0. The van der Waals surface area contributed by atoms with Crippen molar-refractivity contribution in [2.75, 3.05) is 13.1 Å². The van der Waals surface area contributed by atoms with E-state index in [1.165, 1.54) is 6.07 Å². The molecule has 0 fully saturated rings. The highest BCUT2D eigenvalue weighted by atomic mass is 16.2. The number of amides is 3. The van der Waals surface area contributed by atoms with Gasteiger partial charge in [0.1, 0.15) is 11.7 Å². The molecule has 2 heterocycles. The third-order valence-corrected chi connectivity index (χ3v) is 4.82. The van der Waals surface area contributed by atoms with Crippen molar-refractivity contribution in [3.05, 3.63) is 53.3 Å². The highest BCUT2D eigenvalue weighted by Gasteiger charge is 2.27. The first-order valence-corrected chi connectivity index (χ1v) is 9.99. The van der Waals surface area contributed by atoms with Crippen molar-refractivity contribution in [2.24, 2.45) is 0 Å². The van der Waals surface area contributed by atoms with Gasteiger partial charge in [-0.15, -0.1) is 0 Å². The van der Waals surface area contributed by atoms with Crippen LogP contribution in [0.5, 0.6) is 0 Å². The first-order valence-electron chi connectivity index (χ1n) is 9.99. The quantitative estimate of drug-likeness (QED) is 0.741. The first-order chi connectivity index (χ1) is 14.0. The fourth-order valence-corrected chi connectivity index (χ4v) is 3.24. The molecular formula is C21H27N5O3. The van der Waals surface area contributed by atoms with Crippen molar-refractivity contribution in [1.82, 2.24) is 25.3 Å². The second-order valence-corrected chi connectivity index (χ2v) is 7.19. The van der Waals surface area contributed by atoms with Gasteiger partial charge < -0.3 is 15.5 Å². The number of aromatic nitrogens is 2. The van der Waals surface area contributed by atoms with Crippen LogP contribution in [0.1, 0.15) is 53.2 Å². The van der Waals surface area contributed by atoms with Crippen molar-refractivity contribution in [1.29, 1.82) is 0 Å². The summed E-state index contributed by atoms with van der Waals surface area (Å²) in [7, 11) is 0. The molecule has 1 aromatic heterocycles. The summed E-state index contributed by atoms with van der Waals surface area (Å²) in [5, 5.41) is 9.69. The lowest BCUT2D eigenvalue weighted by Crippen LogP contribution is -2.45. The molecule has 29 heavy (non-hydrogen) atoms. The topological polar surface area (TPSA) is 96.3 Å². The normalized spacial score (nSPS) is 14.7. The van der Waals surface area contributed by atoms with E-state index in [1.807, 2.05) is 37.3 Å². The molecule has 0 aliphatic carbocycles. The van der Waals surface area contributed by atoms with Gasteiger partial charge in [-0.25, -0.2) is 0 Å². The molecule has 1 aromatic carbocycles. The van der Waals surface area contributed by atoms with Gasteiger partial charge in [-0.05, 0) is 25.3 Å². The van der Waals surface area contributed by atoms with Crippen molar-refractivity contribution >= 4 is 17.7 Å². The Labute approximate surface area is 170 Å². The Hall–Kier alpha value is -3.16. The van der Waals surface area contributed by atoms with Crippen LogP contribution in [-0.2, 0) is 17.9 Å². The van der Waals surface area contributed by atoms with Crippen LogP contribution >= 0.6 is 0 Å². The molecule has 8 nitrogen and oxygen atoms in total. The van der Waals surface area contributed by atoms with Crippen molar-refractivity contribution in [3.8, 4) is 0 Å². The van der Waals surface area contributed by atoms with Crippen LogP contribution < -0.4 is 10.6 Å². The van der Waals surface area contributed by atoms with Gasteiger partial charge in [0.2, 0.25) is 5.91 Å². The predicted octanol–water partition coefficient (Wildman–Crippen LogP) is 1.57. The van der Waals surface area contributed by atoms with E-state index < -0.39 is 11.9 Å². The van der Waals surface area contributed by atoms with E-state index in [4.69, 9.17) is 0 Å². The fourth-order valence-electron chi connectivity index (χ4n) is 3.24. The smallest absolute Gasteiger partial charge is 0.272 e. The molecule has 1 aliphatic heterocycles. The summed E-state index contributed by atoms with van der Waals surface area (Å²) in [4.78, 5) is 39.3. The van der Waals surface area contributed by atoms with Crippen LogP contribution in [0.3, 0.4) is 0 Å². The maximum Gasteiger partial charge on any atom is 0.272 e. The van der Waals surface area contributed by atoms with E-state index in [9.17, 15) is 14.4 Å². The number of hydrogen-bond acceptors (Lipinski definition) is 4. The summed E-state index contributed by atoms with van der Waals surface area (Å²) in [6.45, 7) is 5.85. The van der Waals surface area contributed by atoms with Gasteiger partial charge in [-0.1, -0.05) is 37.3 Å². The van der Waals surface area contributed by atoms with E-state index in [-0.39, 0.29) is 17.5 Å². The van der Waals surface area contributed by atoms with Gasteiger partial charge in [-0.3, -0.25) is 19.1 Å². The number of carbonyl (C=O) groups excluding carboxylic acids is 3. The number of carbonyl (C=O) groups is 3. The van der Waals surface area contributed by atoms with E-state index in [0.717, 1.165) is 18.4 Å². The number of aryl methyl sites for hydroxylation is 1. The maximum atomic E-state index is 13.0. The molecule has 1 aliphatic rings. The van der Waals surface area contributed by atoms with Crippen LogP contribution in [-0.4, -0.2) is 51.5 Å². The average molecular weight is 397 g/mol. The third kappa shape index (κ3) is 5.01. The Morgan fingerprint density at radius 2 is 1.97 bits per heavy atom. The third-order valence-electron chi connectivity index (χ3n) is 4.82. The van der Waals surface area contributed by atoms with Gasteiger partial charge in [0, 0.05) is 32.2 Å². The van der Waals surface area contributed by atoms with Crippen LogP contribution in [0.25, 0.3) is 0 Å². The number of rotatable bonds is 7. The molecule has 8 heteroatoms. The average Bonchev–Trinajstić information content (AvgIpc) is 3.10. The molecule has 3 amide bonds. The van der Waals surface area contributed by atoms with Crippen LogP contribution in [0, 0.1) is 0 Å². The van der Waals surface area contributed by atoms with E-state index in [2.05, 4.69) is 15.7 Å². The van der Waals surface area contributed by atoms with Gasteiger partial charge in [0.05, 0.1) is 0 Å².